The quantitative estimate of drug-likeness (QED) is 0.760. The topological polar surface area (TPSA) is 51.7 Å². The molecule has 19 heavy (non-hydrogen) atoms. The Kier molecular flexibility index (Phi) is 4.74. The Labute approximate surface area is 113 Å². The summed E-state index contributed by atoms with van der Waals surface area (Å²) in [4.78, 5) is 18.1. The molecule has 0 N–H and O–H groups in total. The molecule has 1 fully saturated rings. The number of hydrogen-bond acceptors (Lipinski definition) is 5. The summed E-state index contributed by atoms with van der Waals surface area (Å²) in [6.45, 7) is 3.72. The van der Waals surface area contributed by atoms with E-state index in [-0.39, 0.29) is 12.1 Å². The van der Waals surface area contributed by atoms with E-state index in [1.165, 1.54) is 0 Å². The van der Waals surface area contributed by atoms with Crippen LogP contribution in [-0.4, -0.2) is 43.9 Å². The third-order valence-corrected chi connectivity index (χ3v) is 3.15. The Morgan fingerprint density at radius 3 is 3.16 bits per heavy atom. The van der Waals surface area contributed by atoms with Crippen molar-refractivity contribution in [3.63, 3.8) is 0 Å². The molecule has 1 atom stereocenters. The molecule has 2 rings (SSSR count). The number of esters is 1. The molecule has 1 aromatic heterocycles. The van der Waals surface area contributed by atoms with Gasteiger partial charge in [-0.3, -0.25) is 0 Å². The standard InChI is InChI=1S/C14H20N2O3/c1-3-18-14(17)12-7-4-8-15-13(12)16(2)10-11-6-5-9-19-11/h4,7-8,11H,3,5-6,9-10H2,1-2H3. The maximum Gasteiger partial charge on any atom is 0.341 e. The molecule has 1 unspecified atom stereocenters. The Hall–Kier alpha value is -1.62. The first-order valence-corrected chi connectivity index (χ1v) is 6.67. The number of anilines is 1. The van der Waals surface area contributed by atoms with Crippen LogP contribution in [0.25, 0.3) is 0 Å². The highest BCUT2D eigenvalue weighted by Crippen LogP contribution is 2.20. The van der Waals surface area contributed by atoms with Gasteiger partial charge in [-0.1, -0.05) is 0 Å². The van der Waals surface area contributed by atoms with Crippen LogP contribution < -0.4 is 4.90 Å². The molecule has 104 valence electrons. The SMILES string of the molecule is CCOC(=O)c1cccnc1N(C)CC1CCCO1. The molecule has 0 saturated carbocycles. The highest BCUT2D eigenvalue weighted by atomic mass is 16.5. The van der Waals surface area contributed by atoms with Crippen molar-refractivity contribution in [3.05, 3.63) is 23.9 Å². The Bertz CT molecular complexity index is 430. The fourth-order valence-electron chi connectivity index (χ4n) is 2.25. The maximum atomic E-state index is 11.9. The van der Waals surface area contributed by atoms with Gasteiger partial charge in [0.2, 0.25) is 0 Å². The lowest BCUT2D eigenvalue weighted by Crippen LogP contribution is -2.30. The van der Waals surface area contributed by atoms with E-state index < -0.39 is 0 Å². The van der Waals surface area contributed by atoms with Crippen LogP contribution in [0.4, 0.5) is 5.82 Å². The van der Waals surface area contributed by atoms with Crippen molar-refractivity contribution < 1.29 is 14.3 Å². The lowest BCUT2D eigenvalue weighted by atomic mass is 10.2. The number of aromatic nitrogens is 1. The van der Waals surface area contributed by atoms with Crippen molar-refractivity contribution in [3.8, 4) is 0 Å². The van der Waals surface area contributed by atoms with Gasteiger partial charge in [0.25, 0.3) is 0 Å². The largest absolute Gasteiger partial charge is 0.462 e. The molecule has 1 aliphatic heterocycles. The summed E-state index contributed by atoms with van der Waals surface area (Å²) in [5.41, 5.74) is 0.504. The molecule has 0 radical (unpaired) electrons. The molecule has 1 saturated heterocycles. The van der Waals surface area contributed by atoms with E-state index in [4.69, 9.17) is 9.47 Å². The summed E-state index contributed by atoms with van der Waals surface area (Å²) in [6.07, 6.45) is 4.07. The Morgan fingerprint density at radius 1 is 1.63 bits per heavy atom. The van der Waals surface area contributed by atoms with Crippen LogP contribution in [0.2, 0.25) is 0 Å². The maximum absolute atomic E-state index is 11.9. The predicted molar refractivity (Wildman–Crippen MR) is 72.4 cm³/mol. The molecule has 5 heteroatoms. The molecule has 0 amide bonds. The van der Waals surface area contributed by atoms with Gasteiger partial charge in [0.05, 0.1) is 12.7 Å². The van der Waals surface area contributed by atoms with E-state index in [0.717, 1.165) is 26.0 Å². The molecule has 5 nitrogen and oxygen atoms in total. The second-order valence-electron chi connectivity index (χ2n) is 4.61. The average Bonchev–Trinajstić information content (AvgIpc) is 2.92. The third kappa shape index (κ3) is 3.44. The van der Waals surface area contributed by atoms with E-state index in [0.29, 0.717) is 18.0 Å². The van der Waals surface area contributed by atoms with E-state index in [2.05, 4.69) is 4.98 Å². The predicted octanol–water partition coefficient (Wildman–Crippen LogP) is 1.87. The first-order chi connectivity index (χ1) is 9.22. The monoisotopic (exact) mass is 264 g/mol. The van der Waals surface area contributed by atoms with Crippen LogP contribution in [0.1, 0.15) is 30.1 Å². The van der Waals surface area contributed by atoms with Gasteiger partial charge >= 0.3 is 5.97 Å². The van der Waals surface area contributed by atoms with E-state index in [9.17, 15) is 4.79 Å². The lowest BCUT2D eigenvalue weighted by molar-refractivity contribution is 0.0526. The van der Waals surface area contributed by atoms with Crippen LogP contribution in [0.15, 0.2) is 18.3 Å². The van der Waals surface area contributed by atoms with Crippen LogP contribution in [0.5, 0.6) is 0 Å². The number of likely N-dealkylation sites (N-methyl/N-ethyl adjacent to an activating group) is 1. The number of rotatable bonds is 5. The summed E-state index contributed by atoms with van der Waals surface area (Å²) < 4.78 is 10.7. The molecule has 2 heterocycles. The number of carbonyl (C=O) groups is 1. The van der Waals surface area contributed by atoms with E-state index in [1.807, 2.05) is 11.9 Å². The second-order valence-corrected chi connectivity index (χ2v) is 4.61. The molecular weight excluding hydrogens is 244 g/mol. The molecule has 0 aliphatic carbocycles. The zero-order chi connectivity index (χ0) is 13.7. The minimum absolute atomic E-state index is 0.224. The Morgan fingerprint density at radius 2 is 2.47 bits per heavy atom. The summed E-state index contributed by atoms with van der Waals surface area (Å²) in [6, 6.07) is 3.49. The molecule has 1 aliphatic rings. The van der Waals surface area contributed by atoms with Crippen molar-refractivity contribution in [2.75, 3.05) is 31.7 Å². The van der Waals surface area contributed by atoms with Crippen LogP contribution in [0.3, 0.4) is 0 Å². The van der Waals surface area contributed by atoms with Gasteiger partial charge < -0.3 is 14.4 Å². The van der Waals surface area contributed by atoms with Crippen molar-refractivity contribution in [2.24, 2.45) is 0 Å². The molecular formula is C14H20N2O3. The van der Waals surface area contributed by atoms with E-state index >= 15 is 0 Å². The van der Waals surface area contributed by atoms with Gasteiger partial charge in [-0.2, -0.15) is 0 Å². The first kappa shape index (κ1) is 13.8. The smallest absolute Gasteiger partial charge is 0.341 e. The number of hydrogen-bond donors (Lipinski definition) is 0. The van der Waals surface area contributed by atoms with Crippen molar-refractivity contribution in [2.45, 2.75) is 25.9 Å². The fraction of sp³-hybridized carbons (Fsp3) is 0.571. The van der Waals surface area contributed by atoms with Gasteiger partial charge in [-0.05, 0) is 31.9 Å². The highest BCUT2D eigenvalue weighted by Gasteiger charge is 2.21. The number of carbonyl (C=O) groups excluding carboxylic acids is 1. The van der Waals surface area contributed by atoms with Gasteiger partial charge in [-0.25, -0.2) is 9.78 Å². The van der Waals surface area contributed by atoms with E-state index in [1.54, 1.807) is 25.3 Å². The van der Waals surface area contributed by atoms with Gasteiger partial charge in [0, 0.05) is 26.4 Å². The fourth-order valence-corrected chi connectivity index (χ4v) is 2.25. The molecule has 0 aromatic carbocycles. The van der Waals surface area contributed by atoms with Gasteiger partial charge in [0.15, 0.2) is 0 Å². The molecule has 0 bridgehead atoms. The average molecular weight is 264 g/mol. The van der Waals surface area contributed by atoms with Crippen LogP contribution >= 0.6 is 0 Å². The summed E-state index contributed by atoms with van der Waals surface area (Å²) in [5, 5.41) is 0. The minimum atomic E-state index is -0.329. The number of nitrogens with zero attached hydrogens (tertiary/aromatic N) is 2. The second kappa shape index (κ2) is 6.52. The summed E-state index contributed by atoms with van der Waals surface area (Å²) in [7, 11) is 1.92. The number of pyridine rings is 1. The minimum Gasteiger partial charge on any atom is -0.462 e. The normalized spacial score (nSPS) is 18.3. The van der Waals surface area contributed by atoms with Crippen LogP contribution in [-0.2, 0) is 9.47 Å². The third-order valence-electron chi connectivity index (χ3n) is 3.15. The zero-order valence-corrected chi connectivity index (χ0v) is 11.5. The van der Waals surface area contributed by atoms with Gasteiger partial charge in [0.1, 0.15) is 11.4 Å². The first-order valence-electron chi connectivity index (χ1n) is 6.67. The van der Waals surface area contributed by atoms with Crippen molar-refractivity contribution in [1.82, 2.24) is 4.98 Å². The zero-order valence-electron chi connectivity index (χ0n) is 11.5. The molecule has 0 spiro atoms. The lowest BCUT2D eigenvalue weighted by Gasteiger charge is -2.23. The number of ether oxygens (including phenoxy) is 2. The van der Waals surface area contributed by atoms with Gasteiger partial charge in [-0.15, -0.1) is 0 Å². The molecule has 1 aromatic rings. The summed E-state index contributed by atoms with van der Waals surface area (Å²) >= 11 is 0. The Balaban J connectivity index is 2.11. The van der Waals surface area contributed by atoms with Crippen molar-refractivity contribution in [1.29, 1.82) is 0 Å². The highest BCUT2D eigenvalue weighted by molar-refractivity contribution is 5.94. The summed E-state index contributed by atoms with van der Waals surface area (Å²) in [5.74, 6) is 0.321. The van der Waals surface area contributed by atoms with Crippen molar-refractivity contribution >= 4 is 11.8 Å². The van der Waals surface area contributed by atoms with Crippen LogP contribution in [0, 0.1) is 0 Å².